The number of nitrogens with one attached hydrogen (secondary N) is 2. The highest BCUT2D eigenvalue weighted by Crippen LogP contribution is 2.33. The molecule has 2 aromatic heterocycles. The third-order valence-corrected chi connectivity index (χ3v) is 3.98. The summed E-state index contributed by atoms with van der Waals surface area (Å²) in [5, 5.41) is 16.4. The van der Waals surface area contributed by atoms with Gasteiger partial charge in [-0.05, 0) is 19.8 Å². The maximum absolute atomic E-state index is 9.74. The van der Waals surface area contributed by atoms with Crippen LogP contribution in [0.5, 0.6) is 0 Å². The Morgan fingerprint density at radius 3 is 2.90 bits per heavy atom. The van der Waals surface area contributed by atoms with Gasteiger partial charge >= 0.3 is 0 Å². The molecule has 6 heteroatoms. The van der Waals surface area contributed by atoms with Gasteiger partial charge in [-0.1, -0.05) is 12.8 Å². The Morgan fingerprint density at radius 2 is 2.20 bits per heavy atom. The van der Waals surface area contributed by atoms with Gasteiger partial charge in [-0.3, -0.25) is 0 Å². The van der Waals surface area contributed by atoms with Crippen LogP contribution in [0.15, 0.2) is 18.6 Å². The third kappa shape index (κ3) is 2.31. The van der Waals surface area contributed by atoms with Crippen molar-refractivity contribution in [3.63, 3.8) is 0 Å². The molecule has 1 aliphatic carbocycles. The number of aromatic nitrogens is 3. The summed E-state index contributed by atoms with van der Waals surface area (Å²) in [5.74, 6) is 1.55. The van der Waals surface area contributed by atoms with Crippen LogP contribution in [0.3, 0.4) is 0 Å². The number of fused-ring (bicyclic) bond motifs is 1. The predicted molar refractivity (Wildman–Crippen MR) is 79.1 cm³/mol. The minimum atomic E-state index is -0.246. The van der Waals surface area contributed by atoms with Crippen molar-refractivity contribution in [1.82, 2.24) is 14.4 Å². The maximum Gasteiger partial charge on any atom is 0.180 e. The lowest BCUT2D eigenvalue weighted by molar-refractivity contribution is 0.214. The summed E-state index contributed by atoms with van der Waals surface area (Å²) in [4.78, 5) is 8.96. The molecule has 0 saturated heterocycles. The molecule has 0 spiro atoms. The number of imidazole rings is 1. The van der Waals surface area contributed by atoms with E-state index in [2.05, 4.69) is 20.6 Å². The number of rotatable bonds is 5. The lowest BCUT2D eigenvalue weighted by Gasteiger charge is -2.28. The zero-order valence-electron chi connectivity index (χ0n) is 11.8. The molecule has 2 heterocycles. The van der Waals surface area contributed by atoms with Crippen molar-refractivity contribution in [3.8, 4) is 0 Å². The fourth-order valence-corrected chi connectivity index (χ4v) is 2.91. The first-order chi connectivity index (χ1) is 9.76. The summed E-state index contributed by atoms with van der Waals surface area (Å²) < 4.78 is 1.95. The fraction of sp³-hybridized carbons (Fsp3) is 0.571. The second-order valence-corrected chi connectivity index (χ2v) is 5.43. The quantitative estimate of drug-likeness (QED) is 0.777. The van der Waals surface area contributed by atoms with E-state index in [4.69, 9.17) is 0 Å². The molecule has 1 fully saturated rings. The molecule has 1 saturated carbocycles. The van der Waals surface area contributed by atoms with Gasteiger partial charge < -0.3 is 20.1 Å². The average molecular weight is 275 g/mol. The van der Waals surface area contributed by atoms with E-state index in [0.717, 1.165) is 49.5 Å². The van der Waals surface area contributed by atoms with Crippen molar-refractivity contribution in [3.05, 3.63) is 18.6 Å². The van der Waals surface area contributed by atoms with Crippen LogP contribution in [-0.4, -0.2) is 38.2 Å². The Balaban J connectivity index is 1.98. The Kier molecular flexibility index (Phi) is 3.48. The smallest absolute Gasteiger partial charge is 0.180 e. The average Bonchev–Trinajstić information content (AvgIpc) is 3.08. The van der Waals surface area contributed by atoms with E-state index < -0.39 is 0 Å². The van der Waals surface area contributed by atoms with Crippen molar-refractivity contribution in [2.45, 2.75) is 38.1 Å². The van der Waals surface area contributed by atoms with Gasteiger partial charge in [0.25, 0.3) is 0 Å². The van der Waals surface area contributed by atoms with Gasteiger partial charge in [-0.25, -0.2) is 9.97 Å². The normalized spacial score (nSPS) is 17.5. The van der Waals surface area contributed by atoms with E-state index >= 15 is 0 Å². The molecule has 0 amide bonds. The van der Waals surface area contributed by atoms with Gasteiger partial charge in [0.1, 0.15) is 5.82 Å². The molecule has 3 N–H and O–H groups in total. The van der Waals surface area contributed by atoms with Crippen LogP contribution in [0.2, 0.25) is 0 Å². The molecule has 0 bridgehead atoms. The number of anilines is 2. The van der Waals surface area contributed by atoms with Crippen LogP contribution in [-0.2, 0) is 0 Å². The Morgan fingerprint density at radius 1 is 1.40 bits per heavy atom. The van der Waals surface area contributed by atoms with Gasteiger partial charge in [0.15, 0.2) is 11.5 Å². The fourth-order valence-electron chi connectivity index (χ4n) is 2.91. The van der Waals surface area contributed by atoms with Crippen molar-refractivity contribution < 1.29 is 5.11 Å². The second kappa shape index (κ2) is 5.28. The Labute approximate surface area is 118 Å². The molecular formula is C14H21N5O. The number of hydrogen-bond acceptors (Lipinski definition) is 5. The minimum Gasteiger partial charge on any atom is -0.394 e. The van der Waals surface area contributed by atoms with Gasteiger partial charge in [0.05, 0.1) is 18.3 Å². The molecule has 0 aromatic carbocycles. The van der Waals surface area contributed by atoms with Crippen LogP contribution in [0, 0.1) is 0 Å². The summed E-state index contributed by atoms with van der Waals surface area (Å²) in [5.41, 5.74) is 0.552. The highest BCUT2D eigenvalue weighted by molar-refractivity contribution is 5.66. The van der Waals surface area contributed by atoms with Crippen LogP contribution in [0.4, 0.5) is 11.6 Å². The molecule has 0 atom stereocenters. The van der Waals surface area contributed by atoms with E-state index in [0.29, 0.717) is 0 Å². The van der Waals surface area contributed by atoms with Crippen molar-refractivity contribution in [2.75, 3.05) is 23.8 Å². The highest BCUT2D eigenvalue weighted by atomic mass is 16.3. The Hall–Kier alpha value is -1.82. The van der Waals surface area contributed by atoms with Crippen LogP contribution in [0.1, 0.15) is 32.6 Å². The summed E-state index contributed by atoms with van der Waals surface area (Å²) in [6.07, 6.45) is 9.84. The van der Waals surface area contributed by atoms with Crippen LogP contribution in [0.25, 0.3) is 5.65 Å². The molecule has 1 aliphatic rings. The molecule has 108 valence electrons. The molecule has 0 aliphatic heterocycles. The first-order valence-corrected chi connectivity index (χ1v) is 7.23. The zero-order valence-corrected chi connectivity index (χ0v) is 11.8. The summed E-state index contributed by atoms with van der Waals surface area (Å²) in [6, 6.07) is 0. The number of nitrogens with zero attached hydrogens (tertiary/aromatic N) is 3. The van der Waals surface area contributed by atoms with E-state index in [1.165, 1.54) is 0 Å². The van der Waals surface area contributed by atoms with Gasteiger partial charge in [-0.2, -0.15) is 0 Å². The van der Waals surface area contributed by atoms with Crippen LogP contribution < -0.4 is 10.6 Å². The molecule has 3 rings (SSSR count). The SMILES string of the molecule is CCNc1cn2ccnc2c(NC2(CO)CCCC2)n1. The first kappa shape index (κ1) is 13.2. The van der Waals surface area contributed by atoms with E-state index in [-0.39, 0.29) is 12.1 Å². The van der Waals surface area contributed by atoms with Crippen molar-refractivity contribution >= 4 is 17.3 Å². The van der Waals surface area contributed by atoms with E-state index in [9.17, 15) is 5.11 Å². The first-order valence-electron chi connectivity index (χ1n) is 7.23. The molecule has 20 heavy (non-hydrogen) atoms. The molecule has 6 nitrogen and oxygen atoms in total. The van der Waals surface area contributed by atoms with Gasteiger partial charge in [-0.15, -0.1) is 0 Å². The zero-order chi connectivity index (χ0) is 14.0. The van der Waals surface area contributed by atoms with E-state index in [1.807, 2.05) is 23.7 Å². The summed E-state index contributed by atoms with van der Waals surface area (Å²) in [6.45, 7) is 2.99. The number of hydrogen-bond donors (Lipinski definition) is 3. The highest BCUT2D eigenvalue weighted by Gasteiger charge is 2.34. The Bertz CT molecular complexity index is 588. The van der Waals surface area contributed by atoms with Crippen molar-refractivity contribution in [2.24, 2.45) is 0 Å². The van der Waals surface area contributed by atoms with Gasteiger partial charge in [0.2, 0.25) is 0 Å². The minimum absolute atomic E-state index is 0.132. The lowest BCUT2D eigenvalue weighted by Crippen LogP contribution is -2.39. The monoisotopic (exact) mass is 275 g/mol. The number of aliphatic hydroxyl groups excluding tert-OH is 1. The number of aliphatic hydroxyl groups is 1. The second-order valence-electron chi connectivity index (χ2n) is 5.43. The lowest BCUT2D eigenvalue weighted by atomic mass is 9.99. The topological polar surface area (TPSA) is 74.5 Å². The summed E-state index contributed by atoms with van der Waals surface area (Å²) in [7, 11) is 0. The molecule has 0 radical (unpaired) electrons. The predicted octanol–water partition coefficient (Wildman–Crippen LogP) is 1.88. The standard InChI is InChI=1S/C14H21N5O/c1-2-15-11-9-19-8-7-16-13(19)12(17-11)18-14(10-20)5-3-4-6-14/h7-9,15,20H,2-6,10H2,1H3,(H,17,18). The molecule has 0 unspecified atom stereocenters. The van der Waals surface area contributed by atoms with Gasteiger partial charge in [0, 0.05) is 18.9 Å². The van der Waals surface area contributed by atoms with E-state index in [1.54, 1.807) is 6.20 Å². The third-order valence-electron chi connectivity index (χ3n) is 3.98. The molecule has 2 aromatic rings. The van der Waals surface area contributed by atoms with Crippen LogP contribution >= 0.6 is 0 Å². The largest absolute Gasteiger partial charge is 0.394 e. The molecular weight excluding hydrogens is 254 g/mol. The summed E-state index contributed by atoms with van der Waals surface area (Å²) >= 11 is 0. The maximum atomic E-state index is 9.74. The van der Waals surface area contributed by atoms with Crippen molar-refractivity contribution in [1.29, 1.82) is 0 Å².